The van der Waals surface area contributed by atoms with Crippen LogP contribution in [0.3, 0.4) is 0 Å². The topological polar surface area (TPSA) is 72.5 Å². The molecule has 118 valence electrons. The lowest BCUT2D eigenvalue weighted by Gasteiger charge is -2.09. The van der Waals surface area contributed by atoms with Crippen molar-refractivity contribution in [1.29, 1.82) is 0 Å². The molecule has 0 saturated heterocycles. The van der Waals surface area contributed by atoms with Gasteiger partial charge in [-0.3, -0.25) is 9.59 Å². The standard InChI is InChI=1S/C17H15NO4S/c1-23-15-5-3-2-4-14(15)18-16(20)11-22-17(21)13-8-6-12(10-19)7-9-13/h2-10H,11H2,1H3,(H,18,20). The van der Waals surface area contributed by atoms with Crippen LogP contribution in [0.25, 0.3) is 0 Å². The van der Waals surface area contributed by atoms with Gasteiger partial charge in [-0.25, -0.2) is 4.79 Å². The van der Waals surface area contributed by atoms with Crippen LogP contribution in [0.5, 0.6) is 0 Å². The average molecular weight is 329 g/mol. The van der Waals surface area contributed by atoms with Gasteiger partial charge in [-0.2, -0.15) is 0 Å². The second-order valence-electron chi connectivity index (χ2n) is 4.56. The van der Waals surface area contributed by atoms with Crippen LogP contribution in [-0.4, -0.2) is 31.0 Å². The fraction of sp³-hybridized carbons (Fsp3) is 0.118. The first-order valence-corrected chi connectivity index (χ1v) is 8.01. The third kappa shape index (κ3) is 4.69. The number of thioether (sulfide) groups is 1. The number of hydrogen-bond acceptors (Lipinski definition) is 5. The number of benzene rings is 2. The average Bonchev–Trinajstić information content (AvgIpc) is 2.60. The van der Waals surface area contributed by atoms with Crippen LogP contribution >= 0.6 is 11.8 Å². The van der Waals surface area contributed by atoms with E-state index in [-0.39, 0.29) is 12.2 Å². The summed E-state index contributed by atoms with van der Waals surface area (Å²) in [7, 11) is 0. The van der Waals surface area contributed by atoms with Crippen molar-refractivity contribution in [3.8, 4) is 0 Å². The maximum absolute atomic E-state index is 11.9. The molecule has 0 aliphatic carbocycles. The largest absolute Gasteiger partial charge is 0.452 e. The quantitative estimate of drug-likeness (QED) is 0.501. The van der Waals surface area contributed by atoms with E-state index in [0.29, 0.717) is 17.5 Å². The van der Waals surface area contributed by atoms with Crippen molar-refractivity contribution in [2.24, 2.45) is 0 Å². The molecule has 0 spiro atoms. The van der Waals surface area contributed by atoms with Gasteiger partial charge in [0, 0.05) is 10.5 Å². The normalized spacial score (nSPS) is 9.96. The van der Waals surface area contributed by atoms with E-state index in [9.17, 15) is 14.4 Å². The molecule has 0 radical (unpaired) electrons. The van der Waals surface area contributed by atoms with Crippen molar-refractivity contribution in [2.75, 3.05) is 18.2 Å². The molecule has 6 heteroatoms. The van der Waals surface area contributed by atoms with Gasteiger partial charge in [-0.05, 0) is 30.5 Å². The highest BCUT2D eigenvalue weighted by Gasteiger charge is 2.11. The van der Waals surface area contributed by atoms with Gasteiger partial charge in [0.2, 0.25) is 0 Å². The van der Waals surface area contributed by atoms with Crippen molar-refractivity contribution in [1.82, 2.24) is 0 Å². The molecule has 0 aliphatic rings. The Morgan fingerprint density at radius 3 is 2.48 bits per heavy atom. The number of aldehydes is 1. The first-order chi connectivity index (χ1) is 11.1. The van der Waals surface area contributed by atoms with Gasteiger partial charge in [0.05, 0.1) is 11.3 Å². The summed E-state index contributed by atoms with van der Waals surface area (Å²) in [5, 5.41) is 2.70. The maximum atomic E-state index is 11.9. The smallest absolute Gasteiger partial charge is 0.338 e. The molecule has 2 aromatic rings. The van der Waals surface area contributed by atoms with E-state index in [4.69, 9.17) is 4.74 Å². The zero-order valence-corrected chi connectivity index (χ0v) is 13.3. The molecule has 5 nitrogen and oxygen atoms in total. The number of carbonyl (C=O) groups is 3. The Hall–Kier alpha value is -2.60. The fourth-order valence-electron chi connectivity index (χ4n) is 1.85. The molecule has 23 heavy (non-hydrogen) atoms. The van der Waals surface area contributed by atoms with Crippen LogP contribution in [0.4, 0.5) is 5.69 Å². The first kappa shape index (κ1) is 16.8. The molecule has 0 aliphatic heterocycles. The monoisotopic (exact) mass is 329 g/mol. The molecular weight excluding hydrogens is 314 g/mol. The Bertz CT molecular complexity index is 713. The summed E-state index contributed by atoms with van der Waals surface area (Å²) in [6.45, 7) is -0.378. The molecule has 0 unspecified atom stereocenters. The number of rotatable bonds is 6. The lowest BCUT2D eigenvalue weighted by Crippen LogP contribution is -2.21. The zero-order valence-electron chi connectivity index (χ0n) is 12.4. The van der Waals surface area contributed by atoms with Crippen molar-refractivity contribution in [3.63, 3.8) is 0 Å². The molecular formula is C17H15NO4S. The lowest BCUT2D eigenvalue weighted by molar-refractivity contribution is -0.119. The summed E-state index contributed by atoms with van der Waals surface area (Å²) >= 11 is 1.51. The van der Waals surface area contributed by atoms with Crippen LogP contribution in [0.1, 0.15) is 20.7 Å². The number of nitrogens with one attached hydrogen (secondary N) is 1. The lowest BCUT2D eigenvalue weighted by atomic mass is 10.1. The Labute approximate surface area is 138 Å². The molecule has 0 aromatic heterocycles. The molecule has 0 atom stereocenters. The molecule has 0 bridgehead atoms. The molecule has 0 fully saturated rings. The summed E-state index contributed by atoms with van der Waals surface area (Å²) < 4.78 is 4.96. The minimum atomic E-state index is -0.615. The van der Waals surface area contributed by atoms with Gasteiger partial charge >= 0.3 is 5.97 Å². The first-order valence-electron chi connectivity index (χ1n) is 6.79. The highest BCUT2D eigenvalue weighted by Crippen LogP contribution is 2.24. The van der Waals surface area contributed by atoms with E-state index in [1.54, 1.807) is 6.07 Å². The summed E-state index contributed by atoms with van der Waals surface area (Å²) in [4.78, 5) is 35.2. The molecule has 2 aromatic carbocycles. The van der Waals surface area contributed by atoms with Crippen molar-refractivity contribution < 1.29 is 19.1 Å². The van der Waals surface area contributed by atoms with E-state index < -0.39 is 11.9 Å². The number of amides is 1. The number of hydrogen-bond donors (Lipinski definition) is 1. The molecule has 0 saturated carbocycles. The molecule has 0 heterocycles. The van der Waals surface area contributed by atoms with Crippen LogP contribution in [0.2, 0.25) is 0 Å². The Morgan fingerprint density at radius 1 is 1.13 bits per heavy atom. The van der Waals surface area contributed by atoms with Crippen LogP contribution in [-0.2, 0) is 9.53 Å². The van der Waals surface area contributed by atoms with Gasteiger partial charge in [-0.1, -0.05) is 24.3 Å². The van der Waals surface area contributed by atoms with Crippen LogP contribution in [0.15, 0.2) is 53.4 Å². The predicted octanol–water partition coefficient (Wildman–Crippen LogP) is 3.02. The van der Waals surface area contributed by atoms with Gasteiger partial charge in [-0.15, -0.1) is 11.8 Å². The molecule has 2 rings (SSSR count). The Balaban J connectivity index is 1.90. The Kier molecular flexibility index (Phi) is 5.94. The van der Waals surface area contributed by atoms with Gasteiger partial charge in [0.15, 0.2) is 6.61 Å². The summed E-state index contributed by atoms with van der Waals surface area (Å²) in [6, 6.07) is 13.3. The van der Waals surface area contributed by atoms with E-state index in [1.165, 1.54) is 36.0 Å². The number of esters is 1. The predicted molar refractivity (Wildman–Crippen MR) is 89.0 cm³/mol. The zero-order chi connectivity index (χ0) is 16.7. The summed E-state index contributed by atoms with van der Waals surface area (Å²) in [5.41, 5.74) is 1.43. The fourth-order valence-corrected chi connectivity index (χ4v) is 2.40. The Morgan fingerprint density at radius 2 is 1.83 bits per heavy atom. The second kappa shape index (κ2) is 8.14. The molecule has 1 amide bonds. The molecule has 1 N–H and O–H groups in total. The van der Waals surface area contributed by atoms with Gasteiger partial charge in [0.1, 0.15) is 6.29 Å². The number of anilines is 1. The summed E-state index contributed by atoms with van der Waals surface area (Å²) in [6.07, 6.45) is 2.60. The van der Waals surface area contributed by atoms with Crippen molar-refractivity contribution in [2.45, 2.75) is 4.90 Å². The van der Waals surface area contributed by atoms with E-state index in [0.717, 1.165) is 4.90 Å². The van der Waals surface area contributed by atoms with Crippen molar-refractivity contribution in [3.05, 3.63) is 59.7 Å². The summed E-state index contributed by atoms with van der Waals surface area (Å²) in [5.74, 6) is -1.03. The third-order valence-corrected chi connectivity index (χ3v) is 3.79. The van der Waals surface area contributed by atoms with Crippen molar-refractivity contribution >= 4 is 35.6 Å². The van der Waals surface area contributed by atoms with Crippen LogP contribution in [0, 0.1) is 0 Å². The van der Waals surface area contributed by atoms with E-state index >= 15 is 0 Å². The van der Waals surface area contributed by atoms with E-state index in [1.807, 2.05) is 24.5 Å². The van der Waals surface area contributed by atoms with Gasteiger partial charge in [0.25, 0.3) is 5.91 Å². The number of para-hydroxylation sites is 1. The van der Waals surface area contributed by atoms with E-state index in [2.05, 4.69) is 5.32 Å². The van der Waals surface area contributed by atoms with Gasteiger partial charge < -0.3 is 10.1 Å². The number of ether oxygens (including phenoxy) is 1. The highest BCUT2D eigenvalue weighted by atomic mass is 32.2. The highest BCUT2D eigenvalue weighted by molar-refractivity contribution is 7.98. The second-order valence-corrected chi connectivity index (χ2v) is 5.41. The minimum Gasteiger partial charge on any atom is -0.452 e. The maximum Gasteiger partial charge on any atom is 0.338 e. The third-order valence-electron chi connectivity index (χ3n) is 3.00. The number of carbonyl (C=O) groups excluding carboxylic acids is 3. The SMILES string of the molecule is CSc1ccccc1NC(=O)COC(=O)c1ccc(C=O)cc1. The minimum absolute atomic E-state index is 0.285. The van der Waals surface area contributed by atoms with Crippen LogP contribution < -0.4 is 5.32 Å².